The zero-order valence-corrected chi connectivity index (χ0v) is 19.2. The minimum absolute atomic E-state index is 0.0172. The zero-order valence-electron chi connectivity index (χ0n) is 19.2. The van der Waals surface area contributed by atoms with Crippen molar-refractivity contribution in [3.8, 4) is 0 Å². The van der Waals surface area contributed by atoms with Gasteiger partial charge in [0.2, 0.25) is 5.91 Å². The molecule has 0 aromatic heterocycles. The lowest BCUT2D eigenvalue weighted by atomic mass is 9.70. The number of benzene rings is 1. The van der Waals surface area contributed by atoms with Crippen LogP contribution in [-0.2, 0) is 19.1 Å². The maximum atomic E-state index is 14.2. The Kier molecular flexibility index (Phi) is 6.33. The SMILES string of the molecule is C=CCN(C(=O)C1N(CCCCO)C(=O)[C@@H]2[C@@H](C(=O)O)[C@H]3CCC12O3)c1cc(C)ccc1C. The molecule has 1 spiro atoms. The van der Waals surface area contributed by atoms with Crippen LogP contribution in [0.3, 0.4) is 0 Å². The lowest BCUT2D eigenvalue weighted by Crippen LogP contribution is -2.56. The second-order valence-corrected chi connectivity index (χ2v) is 9.38. The van der Waals surface area contributed by atoms with Gasteiger partial charge in [0.05, 0.1) is 17.9 Å². The number of hydrogen-bond donors (Lipinski definition) is 2. The van der Waals surface area contributed by atoms with Crippen molar-refractivity contribution in [1.29, 1.82) is 0 Å². The first kappa shape index (κ1) is 23.4. The first-order valence-electron chi connectivity index (χ1n) is 11.6. The van der Waals surface area contributed by atoms with E-state index in [0.29, 0.717) is 25.7 Å². The average Bonchev–Trinajstić information content (AvgIpc) is 3.41. The van der Waals surface area contributed by atoms with E-state index in [1.807, 2.05) is 32.0 Å². The molecule has 2 bridgehead atoms. The number of aliphatic hydroxyl groups is 1. The molecule has 2 amide bonds. The zero-order chi connectivity index (χ0) is 23.9. The van der Waals surface area contributed by atoms with E-state index in [4.69, 9.17) is 4.74 Å². The van der Waals surface area contributed by atoms with Crippen molar-refractivity contribution in [1.82, 2.24) is 4.90 Å². The molecule has 1 aromatic rings. The molecule has 2 unspecified atom stereocenters. The quantitative estimate of drug-likeness (QED) is 0.435. The maximum absolute atomic E-state index is 14.2. The summed E-state index contributed by atoms with van der Waals surface area (Å²) < 4.78 is 6.25. The molecule has 4 rings (SSSR count). The third-order valence-electron chi connectivity index (χ3n) is 7.36. The van der Waals surface area contributed by atoms with Crippen LogP contribution in [0, 0.1) is 25.7 Å². The van der Waals surface area contributed by atoms with E-state index >= 15 is 0 Å². The number of carboxylic acids is 1. The highest BCUT2D eigenvalue weighted by atomic mass is 16.5. The number of carbonyl (C=O) groups excluding carboxylic acids is 2. The summed E-state index contributed by atoms with van der Waals surface area (Å²) in [5.74, 6) is -3.49. The molecule has 5 atom stereocenters. The Balaban J connectivity index is 1.78. The van der Waals surface area contributed by atoms with Crippen LogP contribution < -0.4 is 4.90 Å². The van der Waals surface area contributed by atoms with Gasteiger partial charge in [0.1, 0.15) is 11.6 Å². The van der Waals surface area contributed by atoms with Crippen molar-refractivity contribution in [3.63, 3.8) is 0 Å². The van der Waals surface area contributed by atoms with Crippen LogP contribution in [0.1, 0.15) is 36.8 Å². The molecule has 3 aliphatic heterocycles. The first-order chi connectivity index (χ1) is 15.8. The van der Waals surface area contributed by atoms with Gasteiger partial charge in [0.25, 0.3) is 5.91 Å². The molecule has 3 heterocycles. The van der Waals surface area contributed by atoms with Gasteiger partial charge in [-0.15, -0.1) is 6.58 Å². The van der Waals surface area contributed by atoms with Gasteiger partial charge in [-0.25, -0.2) is 0 Å². The van der Waals surface area contributed by atoms with Crippen LogP contribution >= 0.6 is 0 Å². The first-order valence-corrected chi connectivity index (χ1v) is 11.6. The molecule has 1 aromatic carbocycles. The Morgan fingerprint density at radius 1 is 1.33 bits per heavy atom. The predicted molar refractivity (Wildman–Crippen MR) is 122 cm³/mol. The number of aliphatic carboxylic acids is 1. The number of carbonyl (C=O) groups is 3. The second-order valence-electron chi connectivity index (χ2n) is 9.38. The van der Waals surface area contributed by atoms with Crippen molar-refractivity contribution in [2.75, 3.05) is 24.6 Å². The fourth-order valence-electron chi connectivity index (χ4n) is 5.94. The molecule has 2 N–H and O–H groups in total. The van der Waals surface area contributed by atoms with Gasteiger partial charge in [-0.3, -0.25) is 14.4 Å². The van der Waals surface area contributed by atoms with Crippen LogP contribution in [0.2, 0.25) is 0 Å². The topological polar surface area (TPSA) is 107 Å². The Hall–Kier alpha value is -2.71. The smallest absolute Gasteiger partial charge is 0.310 e. The lowest BCUT2D eigenvalue weighted by Gasteiger charge is -2.37. The van der Waals surface area contributed by atoms with Gasteiger partial charge >= 0.3 is 5.97 Å². The Bertz CT molecular complexity index is 978. The lowest BCUT2D eigenvalue weighted by molar-refractivity contribution is -0.149. The van der Waals surface area contributed by atoms with E-state index in [2.05, 4.69) is 6.58 Å². The van der Waals surface area contributed by atoms with Gasteiger partial charge < -0.3 is 24.7 Å². The molecule has 178 valence electrons. The van der Waals surface area contributed by atoms with Gasteiger partial charge in [0.15, 0.2) is 0 Å². The second kappa shape index (κ2) is 8.91. The van der Waals surface area contributed by atoms with Crippen LogP contribution in [0.15, 0.2) is 30.9 Å². The molecule has 8 nitrogen and oxygen atoms in total. The number of aryl methyl sites for hydroxylation is 2. The summed E-state index contributed by atoms with van der Waals surface area (Å²) in [6.07, 6.45) is 3.08. The number of likely N-dealkylation sites (tertiary alicyclic amines) is 1. The van der Waals surface area contributed by atoms with E-state index in [1.165, 1.54) is 4.90 Å². The molecule has 8 heteroatoms. The summed E-state index contributed by atoms with van der Waals surface area (Å²) in [5.41, 5.74) is 1.52. The van der Waals surface area contributed by atoms with Gasteiger partial charge in [-0.1, -0.05) is 18.2 Å². The third-order valence-corrected chi connectivity index (χ3v) is 7.36. The number of aliphatic hydroxyl groups excluding tert-OH is 1. The number of nitrogens with zero attached hydrogens (tertiary/aromatic N) is 2. The number of fused-ring (bicyclic) bond motifs is 1. The van der Waals surface area contributed by atoms with Crippen LogP contribution in [0.25, 0.3) is 0 Å². The molecule has 3 aliphatic rings. The highest BCUT2D eigenvalue weighted by Crippen LogP contribution is 2.58. The van der Waals surface area contributed by atoms with E-state index in [0.717, 1.165) is 16.8 Å². The largest absolute Gasteiger partial charge is 0.481 e. The number of hydrogen-bond acceptors (Lipinski definition) is 5. The molecule has 3 saturated heterocycles. The summed E-state index contributed by atoms with van der Waals surface area (Å²) in [6, 6.07) is 4.95. The fourth-order valence-corrected chi connectivity index (χ4v) is 5.94. The maximum Gasteiger partial charge on any atom is 0.310 e. The summed E-state index contributed by atoms with van der Waals surface area (Å²) in [5, 5.41) is 19.1. The molecule has 0 radical (unpaired) electrons. The number of anilines is 1. The number of carboxylic acid groups (broad SMARTS) is 1. The minimum atomic E-state index is -1.14. The third kappa shape index (κ3) is 3.65. The van der Waals surface area contributed by atoms with Crippen LogP contribution in [-0.4, -0.2) is 70.3 Å². The molecule has 3 fully saturated rings. The van der Waals surface area contributed by atoms with E-state index in [1.54, 1.807) is 11.0 Å². The Morgan fingerprint density at radius 2 is 2.09 bits per heavy atom. The van der Waals surface area contributed by atoms with Gasteiger partial charge in [-0.05, 0) is 56.7 Å². The summed E-state index contributed by atoms with van der Waals surface area (Å²) in [7, 11) is 0. The van der Waals surface area contributed by atoms with E-state index in [9.17, 15) is 24.6 Å². The highest BCUT2D eigenvalue weighted by Gasteiger charge is 2.74. The highest BCUT2D eigenvalue weighted by molar-refractivity contribution is 6.05. The normalized spacial score (nSPS) is 29.9. The minimum Gasteiger partial charge on any atom is -0.481 e. The van der Waals surface area contributed by atoms with Crippen LogP contribution in [0.4, 0.5) is 5.69 Å². The number of amides is 2. The molecule has 33 heavy (non-hydrogen) atoms. The van der Waals surface area contributed by atoms with Gasteiger partial charge in [-0.2, -0.15) is 0 Å². The number of rotatable bonds is 9. The Morgan fingerprint density at radius 3 is 2.76 bits per heavy atom. The van der Waals surface area contributed by atoms with Crippen molar-refractivity contribution < 1.29 is 29.3 Å². The predicted octanol–water partition coefficient (Wildman–Crippen LogP) is 2.05. The van der Waals surface area contributed by atoms with Crippen molar-refractivity contribution in [3.05, 3.63) is 42.0 Å². The molecule has 0 saturated carbocycles. The van der Waals surface area contributed by atoms with Crippen molar-refractivity contribution >= 4 is 23.5 Å². The van der Waals surface area contributed by atoms with E-state index < -0.39 is 35.6 Å². The van der Waals surface area contributed by atoms with Crippen molar-refractivity contribution in [2.24, 2.45) is 11.8 Å². The summed E-state index contributed by atoms with van der Waals surface area (Å²) >= 11 is 0. The van der Waals surface area contributed by atoms with E-state index in [-0.39, 0.29) is 31.5 Å². The summed E-state index contributed by atoms with van der Waals surface area (Å²) in [4.78, 5) is 43.0. The molecular formula is C25H32N2O6. The number of ether oxygens (including phenoxy) is 1. The van der Waals surface area contributed by atoms with Crippen LogP contribution in [0.5, 0.6) is 0 Å². The van der Waals surface area contributed by atoms with Gasteiger partial charge in [0, 0.05) is 25.4 Å². The summed E-state index contributed by atoms with van der Waals surface area (Å²) in [6.45, 7) is 8.20. The molecular weight excluding hydrogens is 424 g/mol. The Labute approximate surface area is 193 Å². The molecule has 0 aliphatic carbocycles. The standard InChI is InChI=1S/C25H32N2O6/c1-4-11-26(17-14-15(2)7-8-16(17)3)23(30)21-25-10-9-18(33-25)19(24(31)32)20(25)22(29)27(21)12-5-6-13-28/h4,7-8,14,18-21,28H,1,5-6,9-13H2,2-3H3,(H,31,32)/t18-,19+,20+,21?,25?/m1/s1. The average molecular weight is 457 g/mol. The number of unbranched alkanes of at least 4 members (excludes halogenated alkanes) is 1. The fraction of sp³-hybridized carbons (Fsp3) is 0.560. The monoisotopic (exact) mass is 456 g/mol. The van der Waals surface area contributed by atoms with Crippen molar-refractivity contribution in [2.45, 2.75) is 57.3 Å².